The number of hydrogen-bond acceptors (Lipinski definition) is 5. The van der Waals surface area contributed by atoms with Crippen molar-refractivity contribution in [3.05, 3.63) is 50.3 Å². The van der Waals surface area contributed by atoms with Crippen LogP contribution in [-0.4, -0.2) is 14.7 Å². The molecule has 0 N–H and O–H groups in total. The monoisotopic (exact) mass is 329 g/mol. The largest absolute Gasteiger partial charge is 0.442 e. The zero-order valence-corrected chi connectivity index (χ0v) is 11.8. The summed E-state index contributed by atoms with van der Waals surface area (Å²) in [5, 5.41) is 15.0. The second-order valence-corrected chi connectivity index (χ2v) is 5.60. The van der Waals surface area contributed by atoms with E-state index in [1.807, 2.05) is 6.92 Å². The Balaban J connectivity index is 2.15. The van der Waals surface area contributed by atoms with Crippen molar-refractivity contribution in [1.29, 1.82) is 0 Å². The van der Waals surface area contributed by atoms with E-state index in [2.05, 4.69) is 5.10 Å². The highest BCUT2D eigenvalue weighted by atomic mass is 19.4. The molecule has 1 aliphatic rings. The van der Waals surface area contributed by atoms with E-state index in [9.17, 15) is 28.1 Å². The summed E-state index contributed by atoms with van der Waals surface area (Å²) >= 11 is 0. The van der Waals surface area contributed by atoms with Gasteiger partial charge < -0.3 is 4.42 Å². The Hall–Kier alpha value is -2.65. The Morgan fingerprint density at radius 2 is 2.04 bits per heavy atom. The summed E-state index contributed by atoms with van der Waals surface area (Å²) in [4.78, 5) is 21.9. The number of halogens is 3. The Morgan fingerprint density at radius 3 is 2.57 bits per heavy atom. The summed E-state index contributed by atoms with van der Waals surface area (Å²) in [7, 11) is 0. The standard InChI is InChI=1S/C13H10F3N3O4/c1-12(4-5-12)10-17-18(11(20)23-10)8-3-2-7(13(14,15)16)6-9(8)19(21)22/h2-3,6H,4-5H2,1H3. The summed E-state index contributed by atoms with van der Waals surface area (Å²) in [6.45, 7) is 1.81. The van der Waals surface area contributed by atoms with E-state index >= 15 is 0 Å². The lowest BCUT2D eigenvalue weighted by Gasteiger charge is -2.08. The van der Waals surface area contributed by atoms with Crippen LogP contribution < -0.4 is 5.76 Å². The van der Waals surface area contributed by atoms with E-state index in [0.717, 1.165) is 18.9 Å². The first kappa shape index (κ1) is 15.3. The minimum Gasteiger partial charge on any atom is -0.391 e. The summed E-state index contributed by atoms with van der Waals surface area (Å²) in [6.07, 6.45) is -3.23. The van der Waals surface area contributed by atoms with Gasteiger partial charge in [-0.1, -0.05) is 6.92 Å². The van der Waals surface area contributed by atoms with Gasteiger partial charge in [-0.05, 0) is 25.0 Å². The molecule has 0 atom stereocenters. The second-order valence-electron chi connectivity index (χ2n) is 5.60. The van der Waals surface area contributed by atoms with Gasteiger partial charge >= 0.3 is 11.9 Å². The highest BCUT2D eigenvalue weighted by Crippen LogP contribution is 2.46. The van der Waals surface area contributed by atoms with Gasteiger partial charge in [0, 0.05) is 11.5 Å². The highest BCUT2D eigenvalue weighted by Gasteiger charge is 2.45. The van der Waals surface area contributed by atoms with Crippen molar-refractivity contribution in [3.8, 4) is 5.69 Å². The van der Waals surface area contributed by atoms with Gasteiger partial charge in [0.05, 0.1) is 10.5 Å². The molecule has 0 aliphatic heterocycles. The molecule has 1 aliphatic carbocycles. The maximum Gasteiger partial charge on any atom is 0.442 e. The van der Waals surface area contributed by atoms with Gasteiger partial charge in [0.15, 0.2) is 0 Å². The van der Waals surface area contributed by atoms with Gasteiger partial charge in [-0.25, -0.2) is 4.79 Å². The summed E-state index contributed by atoms with van der Waals surface area (Å²) < 4.78 is 43.7. The van der Waals surface area contributed by atoms with E-state index in [1.165, 1.54) is 0 Å². The Bertz CT molecular complexity index is 849. The highest BCUT2D eigenvalue weighted by molar-refractivity contribution is 5.54. The minimum absolute atomic E-state index is 0.122. The number of rotatable bonds is 3. The predicted octanol–water partition coefficient (Wildman–Crippen LogP) is 2.80. The van der Waals surface area contributed by atoms with Crippen LogP contribution in [-0.2, 0) is 11.6 Å². The van der Waals surface area contributed by atoms with Crippen molar-refractivity contribution in [3.63, 3.8) is 0 Å². The molecule has 7 nitrogen and oxygen atoms in total. The van der Waals surface area contributed by atoms with Gasteiger partial charge in [-0.15, -0.1) is 5.10 Å². The topological polar surface area (TPSA) is 91.2 Å². The molecule has 1 aromatic carbocycles. The number of nitro groups is 1. The molecule has 0 saturated heterocycles. The van der Waals surface area contributed by atoms with Crippen LogP contribution >= 0.6 is 0 Å². The molecule has 10 heteroatoms. The average molecular weight is 329 g/mol. The van der Waals surface area contributed by atoms with Crippen LogP contribution in [0.3, 0.4) is 0 Å². The molecule has 0 radical (unpaired) electrons. The van der Waals surface area contributed by atoms with Gasteiger partial charge in [-0.3, -0.25) is 10.1 Å². The van der Waals surface area contributed by atoms with Crippen molar-refractivity contribution in [2.75, 3.05) is 0 Å². The third-order valence-corrected chi connectivity index (χ3v) is 3.79. The Morgan fingerprint density at radius 1 is 1.39 bits per heavy atom. The maximum absolute atomic E-state index is 12.7. The fraction of sp³-hybridized carbons (Fsp3) is 0.385. The Labute approximate surface area is 126 Å². The molecular formula is C13H10F3N3O4. The van der Waals surface area contributed by atoms with E-state index in [1.54, 1.807) is 0 Å². The fourth-order valence-corrected chi connectivity index (χ4v) is 2.10. The molecule has 0 spiro atoms. The van der Waals surface area contributed by atoms with E-state index in [4.69, 9.17) is 4.42 Å². The summed E-state index contributed by atoms with van der Waals surface area (Å²) in [6, 6.07) is 1.86. The van der Waals surface area contributed by atoms with Crippen molar-refractivity contribution >= 4 is 5.69 Å². The number of alkyl halides is 3. The second kappa shape index (κ2) is 4.67. The van der Waals surface area contributed by atoms with Gasteiger partial charge in [0.1, 0.15) is 5.69 Å². The summed E-state index contributed by atoms with van der Waals surface area (Å²) in [5.74, 6) is -0.854. The fourth-order valence-electron chi connectivity index (χ4n) is 2.10. The first-order chi connectivity index (χ1) is 10.6. The lowest BCUT2D eigenvalue weighted by Crippen LogP contribution is -2.16. The van der Waals surface area contributed by atoms with Crippen LogP contribution in [0.4, 0.5) is 18.9 Å². The van der Waals surface area contributed by atoms with Crippen molar-refractivity contribution in [2.24, 2.45) is 0 Å². The minimum atomic E-state index is -4.73. The number of nitrogens with zero attached hydrogens (tertiary/aromatic N) is 3. The van der Waals surface area contributed by atoms with Crippen LogP contribution in [0, 0.1) is 10.1 Å². The number of nitro benzene ring substituents is 1. The number of benzene rings is 1. The molecule has 1 fully saturated rings. The molecule has 23 heavy (non-hydrogen) atoms. The van der Waals surface area contributed by atoms with Crippen LogP contribution in [0.1, 0.15) is 31.2 Å². The van der Waals surface area contributed by atoms with Crippen LogP contribution in [0.5, 0.6) is 0 Å². The molecule has 1 heterocycles. The third kappa shape index (κ3) is 2.60. The quantitative estimate of drug-likeness (QED) is 0.638. The molecule has 0 bridgehead atoms. The first-order valence-electron chi connectivity index (χ1n) is 6.58. The molecule has 0 unspecified atom stereocenters. The lowest BCUT2D eigenvalue weighted by molar-refractivity contribution is -0.384. The van der Waals surface area contributed by atoms with Crippen LogP contribution in [0.2, 0.25) is 0 Å². The molecule has 1 aromatic heterocycles. The zero-order valence-electron chi connectivity index (χ0n) is 11.8. The first-order valence-corrected chi connectivity index (χ1v) is 6.58. The Kier molecular flexibility index (Phi) is 3.10. The molecule has 0 amide bonds. The average Bonchev–Trinajstić information content (AvgIpc) is 3.08. The molecule has 1 saturated carbocycles. The molecule has 2 aromatic rings. The van der Waals surface area contributed by atoms with Crippen molar-refractivity contribution < 1.29 is 22.5 Å². The maximum atomic E-state index is 12.7. The lowest BCUT2D eigenvalue weighted by atomic mass is 10.1. The zero-order chi connectivity index (χ0) is 17.0. The normalized spacial score (nSPS) is 16.3. The third-order valence-electron chi connectivity index (χ3n) is 3.79. The summed E-state index contributed by atoms with van der Waals surface area (Å²) in [5.41, 5.74) is -2.82. The molecule has 3 rings (SSSR count). The van der Waals surface area contributed by atoms with Crippen LogP contribution in [0.25, 0.3) is 5.69 Å². The number of aromatic nitrogens is 2. The van der Waals surface area contributed by atoms with E-state index < -0.39 is 33.5 Å². The predicted molar refractivity (Wildman–Crippen MR) is 70.3 cm³/mol. The van der Waals surface area contributed by atoms with Crippen molar-refractivity contribution in [1.82, 2.24) is 9.78 Å². The SMILES string of the molecule is CC1(c2nn(-c3ccc(C(F)(F)F)cc3[N+](=O)[O-])c(=O)o2)CC1. The molecule has 122 valence electrons. The number of hydrogen-bond donors (Lipinski definition) is 0. The van der Waals surface area contributed by atoms with E-state index in [-0.39, 0.29) is 11.6 Å². The van der Waals surface area contributed by atoms with Gasteiger partial charge in [-0.2, -0.15) is 17.9 Å². The van der Waals surface area contributed by atoms with E-state index in [0.29, 0.717) is 16.8 Å². The van der Waals surface area contributed by atoms with Crippen molar-refractivity contribution in [2.45, 2.75) is 31.4 Å². The van der Waals surface area contributed by atoms with Gasteiger partial charge in [0.2, 0.25) is 5.89 Å². The van der Waals surface area contributed by atoms with Crippen LogP contribution in [0.15, 0.2) is 27.4 Å². The smallest absolute Gasteiger partial charge is 0.391 e. The van der Waals surface area contributed by atoms with Gasteiger partial charge in [0.25, 0.3) is 5.69 Å². The molecular weight excluding hydrogens is 319 g/mol.